The van der Waals surface area contributed by atoms with Gasteiger partial charge in [0.25, 0.3) is 0 Å². The van der Waals surface area contributed by atoms with Crippen molar-refractivity contribution in [3.05, 3.63) is 35.3 Å². The second kappa shape index (κ2) is 4.08. The fourth-order valence-corrected chi connectivity index (χ4v) is 2.58. The summed E-state index contributed by atoms with van der Waals surface area (Å²) in [6.45, 7) is 6.22. The van der Waals surface area contributed by atoms with Crippen LogP contribution in [0.15, 0.2) is 18.2 Å². The van der Waals surface area contributed by atoms with E-state index in [1.807, 2.05) is 6.92 Å². The molecule has 1 saturated heterocycles. The van der Waals surface area contributed by atoms with Gasteiger partial charge in [0.1, 0.15) is 5.82 Å². The number of benzene rings is 1. The number of fused-ring (bicyclic) bond motifs is 1. The van der Waals surface area contributed by atoms with E-state index in [9.17, 15) is 0 Å². The Morgan fingerprint density at radius 3 is 2.88 bits per heavy atom. The van der Waals surface area contributed by atoms with Crippen molar-refractivity contribution in [1.29, 1.82) is 0 Å². The SMILES string of the molecule is Cc1ccc2c(C3CCNC3)nc(C)nc2c1. The van der Waals surface area contributed by atoms with Gasteiger partial charge in [0, 0.05) is 17.8 Å². The van der Waals surface area contributed by atoms with Gasteiger partial charge in [-0.05, 0) is 38.4 Å². The van der Waals surface area contributed by atoms with Gasteiger partial charge >= 0.3 is 0 Å². The first-order valence-electron chi connectivity index (χ1n) is 6.19. The molecule has 1 fully saturated rings. The fourth-order valence-electron chi connectivity index (χ4n) is 2.58. The molecule has 3 nitrogen and oxygen atoms in total. The molecular weight excluding hydrogens is 210 g/mol. The third kappa shape index (κ3) is 1.91. The van der Waals surface area contributed by atoms with E-state index in [-0.39, 0.29) is 0 Å². The Hall–Kier alpha value is -1.48. The maximum Gasteiger partial charge on any atom is 0.126 e. The van der Waals surface area contributed by atoms with Gasteiger partial charge < -0.3 is 5.32 Å². The van der Waals surface area contributed by atoms with Crippen molar-refractivity contribution in [2.45, 2.75) is 26.2 Å². The summed E-state index contributed by atoms with van der Waals surface area (Å²) in [4.78, 5) is 9.20. The number of hydrogen-bond donors (Lipinski definition) is 1. The third-order valence-electron chi connectivity index (χ3n) is 3.44. The van der Waals surface area contributed by atoms with Crippen molar-refractivity contribution in [2.75, 3.05) is 13.1 Å². The molecule has 0 saturated carbocycles. The Kier molecular flexibility index (Phi) is 2.56. The van der Waals surface area contributed by atoms with Gasteiger partial charge in [-0.25, -0.2) is 9.97 Å². The molecule has 2 heterocycles. The van der Waals surface area contributed by atoms with Crippen LogP contribution >= 0.6 is 0 Å². The summed E-state index contributed by atoms with van der Waals surface area (Å²) in [6, 6.07) is 6.46. The van der Waals surface area contributed by atoms with Crippen LogP contribution < -0.4 is 5.32 Å². The van der Waals surface area contributed by atoms with Crippen molar-refractivity contribution < 1.29 is 0 Å². The lowest BCUT2D eigenvalue weighted by Crippen LogP contribution is -2.10. The maximum atomic E-state index is 4.66. The van der Waals surface area contributed by atoms with Gasteiger partial charge in [-0.2, -0.15) is 0 Å². The standard InChI is InChI=1S/C14H17N3/c1-9-3-4-12-13(7-9)16-10(2)17-14(12)11-5-6-15-8-11/h3-4,7,11,15H,5-6,8H2,1-2H3. The van der Waals surface area contributed by atoms with Crippen molar-refractivity contribution in [2.24, 2.45) is 0 Å². The Morgan fingerprint density at radius 1 is 1.24 bits per heavy atom. The summed E-state index contributed by atoms with van der Waals surface area (Å²) in [5, 5.41) is 4.62. The molecule has 1 unspecified atom stereocenters. The van der Waals surface area contributed by atoms with Crippen molar-refractivity contribution >= 4 is 10.9 Å². The average Bonchev–Trinajstić information content (AvgIpc) is 2.80. The summed E-state index contributed by atoms with van der Waals surface area (Å²) < 4.78 is 0. The second-order valence-corrected chi connectivity index (χ2v) is 4.87. The first-order chi connectivity index (χ1) is 8.24. The topological polar surface area (TPSA) is 37.8 Å². The first kappa shape index (κ1) is 10.7. The highest BCUT2D eigenvalue weighted by atomic mass is 14.9. The number of aryl methyl sites for hydroxylation is 2. The summed E-state index contributed by atoms with van der Waals surface area (Å²) in [5.74, 6) is 1.42. The van der Waals surface area contributed by atoms with Crippen LogP contribution in [0.4, 0.5) is 0 Å². The highest BCUT2D eigenvalue weighted by molar-refractivity contribution is 5.82. The predicted octanol–water partition coefficient (Wildman–Crippen LogP) is 2.32. The molecule has 3 rings (SSSR count). The second-order valence-electron chi connectivity index (χ2n) is 4.87. The Bertz CT molecular complexity index is 551. The minimum absolute atomic E-state index is 0.543. The highest BCUT2D eigenvalue weighted by Gasteiger charge is 2.20. The zero-order valence-electron chi connectivity index (χ0n) is 10.3. The number of nitrogens with zero attached hydrogens (tertiary/aromatic N) is 2. The zero-order valence-corrected chi connectivity index (χ0v) is 10.3. The normalized spacial score (nSPS) is 20.0. The van der Waals surface area contributed by atoms with Crippen LogP contribution in [-0.2, 0) is 0 Å². The van der Waals surface area contributed by atoms with E-state index in [4.69, 9.17) is 0 Å². The lowest BCUT2D eigenvalue weighted by molar-refractivity contribution is 0.735. The van der Waals surface area contributed by atoms with Gasteiger partial charge in [0.05, 0.1) is 11.2 Å². The molecule has 0 amide bonds. The first-order valence-corrected chi connectivity index (χ1v) is 6.19. The van der Waals surface area contributed by atoms with E-state index >= 15 is 0 Å². The van der Waals surface area contributed by atoms with Crippen LogP contribution in [0, 0.1) is 13.8 Å². The number of rotatable bonds is 1. The third-order valence-corrected chi connectivity index (χ3v) is 3.44. The molecule has 0 aliphatic carbocycles. The van der Waals surface area contributed by atoms with Crippen LogP contribution in [0.2, 0.25) is 0 Å². The number of nitrogens with one attached hydrogen (secondary N) is 1. The average molecular weight is 227 g/mol. The molecule has 0 spiro atoms. The summed E-state index contributed by atoms with van der Waals surface area (Å²) in [5.41, 5.74) is 3.56. The van der Waals surface area contributed by atoms with E-state index in [0.717, 1.165) is 24.4 Å². The Morgan fingerprint density at radius 2 is 2.12 bits per heavy atom. The van der Waals surface area contributed by atoms with Gasteiger partial charge in [0.15, 0.2) is 0 Å². The minimum Gasteiger partial charge on any atom is -0.316 e. The van der Waals surface area contributed by atoms with Gasteiger partial charge in [-0.15, -0.1) is 0 Å². The molecule has 1 aromatic carbocycles. The van der Waals surface area contributed by atoms with Gasteiger partial charge in [-0.1, -0.05) is 12.1 Å². The monoisotopic (exact) mass is 227 g/mol. The lowest BCUT2D eigenvalue weighted by Gasteiger charge is -2.12. The van der Waals surface area contributed by atoms with Crippen molar-refractivity contribution in [1.82, 2.24) is 15.3 Å². The highest BCUT2D eigenvalue weighted by Crippen LogP contribution is 2.27. The smallest absolute Gasteiger partial charge is 0.126 e. The zero-order chi connectivity index (χ0) is 11.8. The maximum absolute atomic E-state index is 4.66. The van der Waals surface area contributed by atoms with E-state index in [1.54, 1.807) is 0 Å². The van der Waals surface area contributed by atoms with E-state index < -0.39 is 0 Å². The van der Waals surface area contributed by atoms with E-state index in [1.165, 1.54) is 23.1 Å². The van der Waals surface area contributed by atoms with Crippen molar-refractivity contribution in [3.63, 3.8) is 0 Å². The molecule has 0 radical (unpaired) electrons. The van der Waals surface area contributed by atoms with Crippen LogP contribution in [0.25, 0.3) is 10.9 Å². The molecule has 1 aliphatic heterocycles. The quantitative estimate of drug-likeness (QED) is 0.812. The van der Waals surface area contributed by atoms with Gasteiger partial charge in [-0.3, -0.25) is 0 Å². The van der Waals surface area contributed by atoms with Crippen LogP contribution in [0.5, 0.6) is 0 Å². The van der Waals surface area contributed by atoms with Gasteiger partial charge in [0.2, 0.25) is 0 Å². The molecule has 3 heteroatoms. The van der Waals surface area contributed by atoms with Crippen LogP contribution in [0.3, 0.4) is 0 Å². The van der Waals surface area contributed by atoms with E-state index in [2.05, 4.69) is 40.4 Å². The number of aromatic nitrogens is 2. The molecule has 1 aromatic heterocycles. The molecule has 88 valence electrons. The fraction of sp³-hybridized carbons (Fsp3) is 0.429. The summed E-state index contributed by atoms with van der Waals surface area (Å²) in [6.07, 6.45) is 1.18. The molecule has 1 aliphatic rings. The Labute approximate surface area is 101 Å². The molecule has 1 N–H and O–H groups in total. The lowest BCUT2D eigenvalue weighted by atomic mass is 9.99. The Balaban J connectivity index is 2.21. The van der Waals surface area contributed by atoms with Crippen LogP contribution in [0.1, 0.15) is 29.4 Å². The minimum atomic E-state index is 0.543. The van der Waals surface area contributed by atoms with Crippen LogP contribution in [-0.4, -0.2) is 23.1 Å². The predicted molar refractivity (Wildman–Crippen MR) is 69.2 cm³/mol. The van der Waals surface area contributed by atoms with E-state index in [0.29, 0.717) is 5.92 Å². The largest absolute Gasteiger partial charge is 0.316 e. The molecule has 17 heavy (non-hydrogen) atoms. The molecular formula is C14H17N3. The summed E-state index contributed by atoms with van der Waals surface area (Å²) in [7, 11) is 0. The van der Waals surface area contributed by atoms with Crippen molar-refractivity contribution in [3.8, 4) is 0 Å². The molecule has 2 aromatic rings. The molecule has 0 bridgehead atoms. The summed E-state index contributed by atoms with van der Waals surface area (Å²) >= 11 is 0. The molecule has 1 atom stereocenters. The number of hydrogen-bond acceptors (Lipinski definition) is 3.